The summed E-state index contributed by atoms with van der Waals surface area (Å²) in [6, 6.07) is 0. The standard InChI is InChI=1S/C11H14N4S/c1-3-12-11-8(2)9(14-7-15-11)6-10-13-4-5-16-10/h4-5,7H,3,6H2,1-2H3,(H,12,14,15). The van der Waals surface area contributed by atoms with Gasteiger partial charge in [-0.05, 0) is 13.8 Å². The van der Waals surface area contributed by atoms with Gasteiger partial charge < -0.3 is 5.32 Å². The van der Waals surface area contributed by atoms with Gasteiger partial charge in [0.05, 0.1) is 10.7 Å². The van der Waals surface area contributed by atoms with Crippen LogP contribution in [0.2, 0.25) is 0 Å². The van der Waals surface area contributed by atoms with Crippen LogP contribution in [0.4, 0.5) is 5.82 Å². The molecule has 0 radical (unpaired) electrons. The van der Waals surface area contributed by atoms with Crippen molar-refractivity contribution in [2.24, 2.45) is 0 Å². The summed E-state index contributed by atoms with van der Waals surface area (Å²) in [4.78, 5) is 12.8. The summed E-state index contributed by atoms with van der Waals surface area (Å²) in [5.74, 6) is 0.920. The van der Waals surface area contributed by atoms with Gasteiger partial charge in [-0.3, -0.25) is 0 Å². The Kier molecular flexibility index (Phi) is 3.46. The lowest BCUT2D eigenvalue weighted by Gasteiger charge is -2.08. The van der Waals surface area contributed by atoms with Gasteiger partial charge in [0.2, 0.25) is 0 Å². The fraction of sp³-hybridized carbons (Fsp3) is 0.364. The molecule has 1 N–H and O–H groups in total. The summed E-state index contributed by atoms with van der Waals surface area (Å²) in [6.07, 6.45) is 4.21. The molecule has 0 aliphatic carbocycles. The molecule has 0 saturated carbocycles. The highest BCUT2D eigenvalue weighted by Crippen LogP contribution is 2.17. The van der Waals surface area contributed by atoms with E-state index < -0.39 is 0 Å². The SMILES string of the molecule is CCNc1ncnc(Cc2nccs2)c1C. The lowest BCUT2D eigenvalue weighted by molar-refractivity contribution is 0.977. The van der Waals surface area contributed by atoms with Crippen LogP contribution in [-0.4, -0.2) is 21.5 Å². The molecule has 0 bridgehead atoms. The maximum Gasteiger partial charge on any atom is 0.132 e. The summed E-state index contributed by atoms with van der Waals surface area (Å²) in [6.45, 7) is 4.97. The second kappa shape index (κ2) is 5.03. The molecule has 2 aromatic heterocycles. The van der Waals surface area contributed by atoms with Gasteiger partial charge in [-0.15, -0.1) is 11.3 Å². The Labute approximate surface area is 98.8 Å². The molecule has 5 heteroatoms. The van der Waals surface area contributed by atoms with Gasteiger partial charge in [-0.25, -0.2) is 15.0 Å². The van der Waals surface area contributed by atoms with Crippen LogP contribution in [0.5, 0.6) is 0 Å². The molecule has 16 heavy (non-hydrogen) atoms. The number of anilines is 1. The smallest absolute Gasteiger partial charge is 0.132 e. The summed E-state index contributed by atoms with van der Waals surface area (Å²) in [5, 5.41) is 6.30. The van der Waals surface area contributed by atoms with Gasteiger partial charge in [0, 0.05) is 30.1 Å². The molecular formula is C11H14N4S. The van der Waals surface area contributed by atoms with Crippen molar-refractivity contribution in [2.75, 3.05) is 11.9 Å². The summed E-state index contributed by atoms with van der Waals surface area (Å²) in [5.41, 5.74) is 2.15. The first-order chi connectivity index (χ1) is 7.81. The second-order valence-electron chi connectivity index (χ2n) is 3.43. The molecular weight excluding hydrogens is 220 g/mol. The van der Waals surface area contributed by atoms with Crippen LogP contribution in [0.3, 0.4) is 0 Å². The molecule has 0 atom stereocenters. The maximum atomic E-state index is 4.31. The number of aromatic nitrogens is 3. The number of hydrogen-bond acceptors (Lipinski definition) is 5. The van der Waals surface area contributed by atoms with Crippen molar-refractivity contribution in [2.45, 2.75) is 20.3 Å². The summed E-state index contributed by atoms with van der Waals surface area (Å²) < 4.78 is 0. The largest absolute Gasteiger partial charge is 0.370 e. The van der Waals surface area contributed by atoms with E-state index in [4.69, 9.17) is 0 Å². The predicted molar refractivity (Wildman–Crippen MR) is 65.9 cm³/mol. The van der Waals surface area contributed by atoms with E-state index in [-0.39, 0.29) is 0 Å². The minimum absolute atomic E-state index is 0.782. The van der Waals surface area contributed by atoms with Crippen LogP contribution in [0.25, 0.3) is 0 Å². The number of hydrogen-bond donors (Lipinski definition) is 1. The molecule has 4 nitrogen and oxygen atoms in total. The van der Waals surface area contributed by atoms with Gasteiger partial charge in [0.25, 0.3) is 0 Å². The van der Waals surface area contributed by atoms with Crippen molar-refractivity contribution in [1.82, 2.24) is 15.0 Å². The average Bonchev–Trinajstić information content (AvgIpc) is 2.77. The van der Waals surface area contributed by atoms with Crippen LogP contribution in [-0.2, 0) is 6.42 Å². The Bertz CT molecular complexity index is 453. The highest BCUT2D eigenvalue weighted by atomic mass is 32.1. The number of rotatable bonds is 4. The van der Waals surface area contributed by atoms with Crippen LogP contribution >= 0.6 is 11.3 Å². The molecule has 0 amide bonds. The van der Waals surface area contributed by atoms with E-state index in [1.54, 1.807) is 17.7 Å². The highest BCUT2D eigenvalue weighted by molar-refractivity contribution is 7.09. The van der Waals surface area contributed by atoms with E-state index in [0.29, 0.717) is 0 Å². The molecule has 0 aliphatic rings. The van der Waals surface area contributed by atoms with Crippen molar-refractivity contribution in [1.29, 1.82) is 0 Å². The van der Waals surface area contributed by atoms with Crippen molar-refractivity contribution in [3.8, 4) is 0 Å². The van der Waals surface area contributed by atoms with Crippen LogP contribution in [0, 0.1) is 6.92 Å². The molecule has 0 unspecified atom stereocenters. The topological polar surface area (TPSA) is 50.7 Å². The van der Waals surface area contributed by atoms with Crippen molar-refractivity contribution in [3.63, 3.8) is 0 Å². The third kappa shape index (κ3) is 2.36. The number of nitrogens with one attached hydrogen (secondary N) is 1. The molecule has 2 rings (SSSR count). The molecule has 0 aromatic carbocycles. The average molecular weight is 234 g/mol. The molecule has 0 aliphatic heterocycles. The van der Waals surface area contributed by atoms with Crippen molar-refractivity contribution >= 4 is 17.2 Å². The Morgan fingerprint density at radius 1 is 1.31 bits per heavy atom. The first kappa shape index (κ1) is 11.0. The molecule has 0 spiro atoms. The third-order valence-corrected chi connectivity index (χ3v) is 3.11. The zero-order chi connectivity index (χ0) is 11.4. The first-order valence-corrected chi connectivity index (χ1v) is 6.12. The Balaban J connectivity index is 2.24. The Morgan fingerprint density at radius 2 is 2.19 bits per heavy atom. The zero-order valence-electron chi connectivity index (χ0n) is 9.40. The molecule has 0 saturated heterocycles. The van der Waals surface area contributed by atoms with E-state index in [1.165, 1.54) is 0 Å². The quantitative estimate of drug-likeness (QED) is 0.881. The van der Waals surface area contributed by atoms with E-state index in [1.807, 2.05) is 18.5 Å². The summed E-state index contributed by atoms with van der Waals surface area (Å²) >= 11 is 1.65. The van der Waals surface area contributed by atoms with Gasteiger partial charge >= 0.3 is 0 Å². The van der Waals surface area contributed by atoms with Gasteiger partial charge in [0.1, 0.15) is 12.1 Å². The minimum Gasteiger partial charge on any atom is -0.370 e. The third-order valence-electron chi connectivity index (χ3n) is 2.33. The summed E-state index contributed by atoms with van der Waals surface area (Å²) in [7, 11) is 0. The fourth-order valence-electron chi connectivity index (χ4n) is 1.49. The molecule has 2 aromatic rings. The van der Waals surface area contributed by atoms with Crippen molar-refractivity contribution in [3.05, 3.63) is 34.2 Å². The second-order valence-corrected chi connectivity index (χ2v) is 4.41. The van der Waals surface area contributed by atoms with E-state index in [2.05, 4.69) is 27.2 Å². The lowest BCUT2D eigenvalue weighted by Crippen LogP contribution is -2.05. The van der Waals surface area contributed by atoms with Crippen LogP contribution in [0.15, 0.2) is 17.9 Å². The monoisotopic (exact) mass is 234 g/mol. The molecule has 0 fully saturated rings. The Morgan fingerprint density at radius 3 is 2.88 bits per heavy atom. The lowest BCUT2D eigenvalue weighted by atomic mass is 10.2. The fourth-order valence-corrected chi connectivity index (χ4v) is 2.11. The zero-order valence-corrected chi connectivity index (χ0v) is 10.2. The van der Waals surface area contributed by atoms with Crippen molar-refractivity contribution < 1.29 is 0 Å². The van der Waals surface area contributed by atoms with E-state index in [9.17, 15) is 0 Å². The van der Waals surface area contributed by atoms with Crippen LogP contribution in [0.1, 0.15) is 23.2 Å². The van der Waals surface area contributed by atoms with Crippen LogP contribution < -0.4 is 5.32 Å². The maximum absolute atomic E-state index is 4.31. The first-order valence-electron chi connectivity index (χ1n) is 5.24. The number of nitrogens with zero attached hydrogens (tertiary/aromatic N) is 3. The van der Waals surface area contributed by atoms with Gasteiger partial charge in [-0.1, -0.05) is 0 Å². The highest BCUT2D eigenvalue weighted by Gasteiger charge is 2.08. The predicted octanol–water partition coefficient (Wildman–Crippen LogP) is 2.26. The molecule has 2 heterocycles. The normalized spacial score (nSPS) is 10.4. The molecule has 84 valence electrons. The van der Waals surface area contributed by atoms with Gasteiger partial charge in [0.15, 0.2) is 0 Å². The van der Waals surface area contributed by atoms with E-state index in [0.717, 1.165) is 35.0 Å². The minimum atomic E-state index is 0.782. The van der Waals surface area contributed by atoms with Gasteiger partial charge in [-0.2, -0.15) is 0 Å². The number of thiazole rings is 1. The Hall–Kier alpha value is -1.49. The van der Waals surface area contributed by atoms with E-state index >= 15 is 0 Å².